The van der Waals surface area contributed by atoms with Crippen molar-refractivity contribution in [2.24, 2.45) is 17.8 Å². The minimum atomic E-state index is -0.718. The van der Waals surface area contributed by atoms with E-state index in [0.29, 0.717) is 22.3 Å². The third-order valence-corrected chi connectivity index (χ3v) is 5.36. The standard InChI is InChI=1S/C20H21NO8/c1-11-5-17(22)15(16(11)9-21(25)26)8-19(23)28-10-12-6-20(24)29-18-7-13(27-2)3-4-14(12)18/h3-4,6-7,11,15-16H,5,8-10H2,1-2H3/t11-,15-,16+/m0/s1. The average Bonchev–Trinajstić information content (AvgIpc) is 2.91. The number of fused-ring (bicyclic) bond motifs is 1. The van der Waals surface area contributed by atoms with Gasteiger partial charge in [0.2, 0.25) is 6.54 Å². The number of methoxy groups -OCH3 is 1. The number of ketones is 1. The molecule has 0 radical (unpaired) electrons. The van der Waals surface area contributed by atoms with Gasteiger partial charge in [0.1, 0.15) is 23.7 Å². The highest BCUT2D eigenvalue weighted by Gasteiger charge is 2.44. The second kappa shape index (κ2) is 8.42. The smallest absolute Gasteiger partial charge is 0.336 e. The quantitative estimate of drug-likeness (QED) is 0.298. The molecule has 154 valence electrons. The maximum atomic E-state index is 12.3. The molecule has 0 unspecified atom stereocenters. The number of Topliss-reactive ketones (excluding diaryl/α,β-unsaturated/α-hetero) is 1. The number of carbonyl (C=O) groups is 2. The molecule has 2 aromatic rings. The summed E-state index contributed by atoms with van der Waals surface area (Å²) in [6.07, 6.45) is 0.0114. The molecule has 3 rings (SSSR count). The van der Waals surface area contributed by atoms with Crippen LogP contribution < -0.4 is 10.4 Å². The molecule has 0 bridgehead atoms. The van der Waals surface area contributed by atoms with E-state index in [9.17, 15) is 24.5 Å². The van der Waals surface area contributed by atoms with Gasteiger partial charge in [-0.15, -0.1) is 0 Å². The van der Waals surface area contributed by atoms with Gasteiger partial charge in [-0.25, -0.2) is 4.79 Å². The molecule has 3 atom stereocenters. The summed E-state index contributed by atoms with van der Waals surface area (Å²) in [5.41, 5.74) is 0.164. The van der Waals surface area contributed by atoms with E-state index < -0.39 is 28.4 Å². The topological polar surface area (TPSA) is 126 Å². The summed E-state index contributed by atoms with van der Waals surface area (Å²) >= 11 is 0. The molecule has 1 aliphatic rings. The third kappa shape index (κ3) is 4.61. The summed E-state index contributed by atoms with van der Waals surface area (Å²) < 4.78 is 15.5. The van der Waals surface area contributed by atoms with Crippen molar-refractivity contribution in [3.8, 4) is 5.75 Å². The van der Waals surface area contributed by atoms with E-state index in [1.54, 1.807) is 25.1 Å². The molecule has 1 heterocycles. The molecular formula is C20H21NO8. The van der Waals surface area contributed by atoms with E-state index in [-0.39, 0.29) is 37.7 Å². The van der Waals surface area contributed by atoms with Gasteiger partial charge in [-0.1, -0.05) is 6.92 Å². The maximum absolute atomic E-state index is 12.3. The monoisotopic (exact) mass is 403 g/mol. The molecule has 9 nitrogen and oxygen atoms in total. The molecule has 1 aromatic carbocycles. The highest BCUT2D eigenvalue weighted by Crippen LogP contribution is 2.36. The summed E-state index contributed by atoms with van der Waals surface area (Å²) in [6.45, 7) is 1.25. The Hall–Kier alpha value is -3.23. The normalized spacial score (nSPS) is 21.3. The van der Waals surface area contributed by atoms with E-state index in [2.05, 4.69) is 0 Å². The van der Waals surface area contributed by atoms with Crippen molar-refractivity contribution in [1.29, 1.82) is 0 Å². The summed E-state index contributed by atoms with van der Waals surface area (Å²) in [7, 11) is 1.49. The zero-order valence-corrected chi connectivity index (χ0v) is 16.1. The van der Waals surface area contributed by atoms with Crippen molar-refractivity contribution in [2.45, 2.75) is 26.4 Å². The molecule has 1 aliphatic carbocycles. The Bertz CT molecular complexity index is 1010. The predicted octanol–water partition coefficient (Wildman–Crippen LogP) is 2.35. The molecule has 0 N–H and O–H groups in total. The van der Waals surface area contributed by atoms with Crippen LogP contribution in [0, 0.1) is 27.9 Å². The van der Waals surface area contributed by atoms with Crippen molar-refractivity contribution in [2.75, 3.05) is 13.7 Å². The van der Waals surface area contributed by atoms with E-state index in [0.717, 1.165) is 0 Å². The lowest BCUT2D eigenvalue weighted by Crippen LogP contribution is -2.27. The van der Waals surface area contributed by atoms with Crippen LogP contribution in [0.4, 0.5) is 0 Å². The maximum Gasteiger partial charge on any atom is 0.336 e. The molecule has 1 fully saturated rings. The molecular weight excluding hydrogens is 382 g/mol. The Balaban J connectivity index is 1.71. The first-order valence-corrected chi connectivity index (χ1v) is 9.19. The molecule has 9 heteroatoms. The molecule has 29 heavy (non-hydrogen) atoms. The van der Waals surface area contributed by atoms with Crippen LogP contribution in [0.3, 0.4) is 0 Å². The summed E-state index contributed by atoms with van der Waals surface area (Å²) in [5, 5.41) is 11.5. The number of hydrogen-bond donors (Lipinski definition) is 0. The van der Waals surface area contributed by atoms with Gasteiger partial charge in [0.05, 0.1) is 13.5 Å². The van der Waals surface area contributed by atoms with Crippen LogP contribution in [0.25, 0.3) is 11.0 Å². The second-order valence-electron chi connectivity index (χ2n) is 7.25. The molecule has 0 spiro atoms. The predicted molar refractivity (Wildman–Crippen MR) is 101 cm³/mol. The fraction of sp³-hybridized carbons (Fsp3) is 0.450. The summed E-state index contributed by atoms with van der Waals surface area (Å²) in [6, 6.07) is 6.17. The molecule has 0 amide bonds. The number of nitrogens with zero attached hydrogens (tertiary/aromatic N) is 1. The number of esters is 1. The Morgan fingerprint density at radius 2 is 2.07 bits per heavy atom. The first-order chi connectivity index (χ1) is 13.8. The number of hydrogen-bond acceptors (Lipinski definition) is 8. The van der Waals surface area contributed by atoms with Crippen molar-refractivity contribution in [3.05, 3.63) is 50.4 Å². The van der Waals surface area contributed by atoms with Crippen LogP contribution >= 0.6 is 0 Å². The van der Waals surface area contributed by atoms with Crippen LogP contribution in [-0.2, 0) is 20.9 Å². The van der Waals surface area contributed by atoms with E-state index >= 15 is 0 Å². The average molecular weight is 403 g/mol. The van der Waals surface area contributed by atoms with E-state index in [4.69, 9.17) is 13.9 Å². The van der Waals surface area contributed by atoms with Crippen LogP contribution in [-0.4, -0.2) is 30.3 Å². The Morgan fingerprint density at radius 1 is 1.31 bits per heavy atom. The van der Waals surface area contributed by atoms with Crippen LogP contribution in [0.5, 0.6) is 5.75 Å². The third-order valence-electron chi connectivity index (χ3n) is 5.36. The fourth-order valence-electron chi connectivity index (χ4n) is 3.85. The zero-order valence-electron chi connectivity index (χ0n) is 16.1. The van der Waals surface area contributed by atoms with Gasteiger partial charge in [0.25, 0.3) is 0 Å². The van der Waals surface area contributed by atoms with E-state index in [1.165, 1.54) is 13.2 Å². The van der Waals surface area contributed by atoms with Gasteiger partial charge in [0, 0.05) is 46.3 Å². The number of nitro groups is 1. The van der Waals surface area contributed by atoms with Gasteiger partial charge in [-0.3, -0.25) is 19.7 Å². The molecule has 1 aromatic heterocycles. The highest BCUT2D eigenvalue weighted by molar-refractivity contribution is 5.88. The van der Waals surface area contributed by atoms with Gasteiger partial charge >= 0.3 is 11.6 Å². The zero-order chi connectivity index (χ0) is 21.1. The van der Waals surface area contributed by atoms with Crippen molar-refractivity contribution < 1.29 is 28.4 Å². The minimum Gasteiger partial charge on any atom is -0.497 e. The number of rotatable bonds is 7. The van der Waals surface area contributed by atoms with Crippen molar-refractivity contribution in [1.82, 2.24) is 0 Å². The molecule has 1 saturated carbocycles. The van der Waals surface area contributed by atoms with Crippen LogP contribution in [0.15, 0.2) is 33.5 Å². The Morgan fingerprint density at radius 3 is 2.76 bits per heavy atom. The van der Waals surface area contributed by atoms with Gasteiger partial charge in [-0.2, -0.15) is 0 Å². The number of carbonyl (C=O) groups excluding carboxylic acids is 2. The first-order valence-electron chi connectivity index (χ1n) is 9.19. The SMILES string of the molecule is COc1ccc2c(COC(=O)C[C@@H]3C(=O)C[C@H](C)[C@H]3C[N+](=O)[O-])cc(=O)oc2c1. The van der Waals surface area contributed by atoms with Gasteiger partial charge in [-0.05, 0) is 18.1 Å². The van der Waals surface area contributed by atoms with E-state index in [1.807, 2.05) is 0 Å². The van der Waals surface area contributed by atoms with Crippen molar-refractivity contribution in [3.63, 3.8) is 0 Å². The van der Waals surface area contributed by atoms with Crippen molar-refractivity contribution >= 4 is 22.7 Å². The van der Waals surface area contributed by atoms with Gasteiger partial charge < -0.3 is 13.9 Å². The van der Waals surface area contributed by atoms with Crippen LogP contribution in [0.2, 0.25) is 0 Å². The highest BCUT2D eigenvalue weighted by atomic mass is 16.6. The van der Waals surface area contributed by atoms with Gasteiger partial charge in [0.15, 0.2) is 0 Å². The van der Waals surface area contributed by atoms with Crippen LogP contribution in [0.1, 0.15) is 25.3 Å². The molecule has 0 aliphatic heterocycles. The lowest BCUT2D eigenvalue weighted by Gasteiger charge is -2.17. The Kier molecular flexibility index (Phi) is 5.95. The summed E-state index contributed by atoms with van der Waals surface area (Å²) in [4.78, 5) is 46.7. The molecule has 0 saturated heterocycles. The lowest BCUT2D eigenvalue weighted by atomic mass is 9.88. The second-order valence-corrected chi connectivity index (χ2v) is 7.25. The minimum absolute atomic E-state index is 0.150. The number of ether oxygens (including phenoxy) is 2. The Labute approximate surface area is 165 Å². The lowest BCUT2D eigenvalue weighted by molar-refractivity contribution is -0.490. The largest absolute Gasteiger partial charge is 0.497 e. The fourth-order valence-corrected chi connectivity index (χ4v) is 3.85. The first kappa shape index (κ1) is 20.5. The summed E-state index contributed by atoms with van der Waals surface area (Å²) in [5.74, 6) is -1.63. The number of benzene rings is 1.